The summed E-state index contributed by atoms with van der Waals surface area (Å²) in [5.74, 6) is 0.364. The quantitative estimate of drug-likeness (QED) is 0.484. The first kappa shape index (κ1) is 13.3. The maximum Gasteiger partial charge on any atom is 0.347 e. The summed E-state index contributed by atoms with van der Waals surface area (Å²) in [6.45, 7) is 0. The lowest BCUT2D eigenvalue weighted by molar-refractivity contribution is -0.113. The summed E-state index contributed by atoms with van der Waals surface area (Å²) in [5.41, 5.74) is 0.523. The van der Waals surface area contributed by atoms with Gasteiger partial charge < -0.3 is 10.3 Å². The van der Waals surface area contributed by atoms with E-state index in [2.05, 4.69) is 30.2 Å². The Labute approximate surface area is 122 Å². The topological polar surface area (TPSA) is 116 Å². The van der Waals surface area contributed by atoms with Crippen LogP contribution in [0.15, 0.2) is 40.5 Å². The molecule has 9 heteroatoms. The largest absolute Gasteiger partial charge is 0.347 e. The van der Waals surface area contributed by atoms with E-state index in [4.69, 9.17) is 0 Å². The van der Waals surface area contributed by atoms with Gasteiger partial charge in [0.05, 0.1) is 12.1 Å². The van der Waals surface area contributed by atoms with Crippen LogP contribution in [-0.2, 0) is 4.79 Å². The molecule has 3 heterocycles. The maximum absolute atomic E-state index is 11.8. The smallest absolute Gasteiger partial charge is 0.341 e. The van der Waals surface area contributed by atoms with Gasteiger partial charge in [-0.05, 0) is 12.1 Å². The van der Waals surface area contributed by atoms with Gasteiger partial charge in [-0.1, -0.05) is 17.8 Å². The third-order valence-electron chi connectivity index (χ3n) is 2.55. The first-order valence-electron chi connectivity index (χ1n) is 5.99. The average Bonchev–Trinajstić information content (AvgIpc) is 2.94. The van der Waals surface area contributed by atoms with Crippen LogP contribution < -0.4 is 11.0 Å². The Bertz CT molecular complexity index is 828. The summed E-state index contributed by atoms with van der Waals surface area (Å²) in [5, 5.41) is 3.09. The summed E-state index contributed by atoms with van der Waals surface area (Å²) in [4.78, 5) is 40.4. The van der Waals surface area contributed by atoms with Gasteiger partial charge >= 0.3 is 5.69 Å². The second-order valence-corrected chi connectivity index (χ2v) is 4.99. The number of anilines is 1. The molecule has 0 saturated carbocycles. The minimum Gasteiger partial charge on any atom is -0.341 e. The van der Waals surface area contributed by atoms with Crippen molar-refractivity contribution in [3.63, 3.8) is 0 Å². The second-order valence-electron chi connectivity index (χ2n) is 4.03. The number of hydrogen-bond acceptors (Lipinski definition) is 6. The van der Waals surface area contributed by atoms with Crippen LogP contribution in [0.1, 0.15) is 0 Å². The number of fused-ring (bicyclic) bond motifs is 1. The number of thioether (sulfide) groups is 1. The van der Waals surface area contributed by atoms with Crippen LogP contribution in [0.3, 0.4) is 0 Å². The number of nitrogens with one attached hydrogen (secondary N) is 3. The van der Waals surface area contributed by atoms with Crippen LogP contribution >= 0.6 is 11.8 Å². The van der Waals surface area contributed by atoms with E-state index in [0.717, 1.165) is 11.8 Å². The van der Waals surface area contributed by atoms with E-state index in [0.29, 0.717) is 22.0 Å². The van der Waals surface area contributed by atoms with Gasteiger partial charge in [0.1, 0.15) is 16.4 Å². The number of hydrogen-bond donors (Lipinski definition) is 3. The molecule has 3 aromatic rings. The molecule has 3 rings (SSSR count). The van der Waals surface area contributed by atoms with Crippen molar-refractivity contribution in [3.05, 3.63) is 41.2 Å². The minimum atomic E-state index is -0.498. The molecule has 0 aliphatic heterocycles. The first-order chi connectivity index (χ1) is 10.2. The molecular weight excluding hydrogens is 292 g/mol. The molecule has 0 unspecified atom stereocenters. The number of H-pyrrole nitrogens is 2. The molecule has 3 N–H and O–H groups in total. The molecular formula is C12H10N6O2S. The van der Waals surface area contributed by atoms with E-state index in [-0.39, 0.29) is 11.7 Å². The van der Waals surface area contributed by atoms with Gasteiger partial charge in [-0.2, -0.15) is 4.98 Å². The fraction of sp³-hybridized carbons (Fsp3) is 0.0833. The molecule has 0 spiro atoms. The Morgan fingerprint density at radius 2 is 2.24 bits per heavy atom. The third-order valence-corrected chi connectivity index (χ3v) is 3.53. The van der Waals surface area contributed by atoms with Crippen molar-refractivity contribution in [2.75, 3.05) is 11.1 Å². The fourth-order valence-corrected chi connectivity index (χ4v) is 2.47. The first-order valence-corrected chi connectivity index (χ1v) is 6.98. The Balaban J connectivity index is 1.70. The van der Waals surface area contributed by atoms with E-state index in [9.17, 15) is 9.59 Å². The average molecular weight is 302 g/mol. The predicted molar refractivity (Wildman–Crippen MR) is 78.1 cm³/mol. The highest BCUT2D eigenvalue weighted by atomic mass is 32.2. The van der Waals surface area contributed by atoms with Gasteiger partial charge in [-0.25, -0.2) is 14.8 Å². The van der Waals surface area contributed by atoms with E-state index >= 15 is 0 Å². The van der Waals surface area contributed by atoms with Gasteiger partial charge in [0.2, 0.25) is 5.91 Å². The molecule has 106 valence electrons. The Morgan fingerprint density at radius 1 is 1.33 bits per heavy atom. The highest BCUT2D eigenvalue weighted by Crippen LogP contribution is 2.20. The predicted octanol–water partition coefficient (Wildman–Crippen LogP) is 0.772. The number of pyridine rings is 1. The number of nitrogens with zero attached hydrogens (tertiary/aromatic N) is 3. The molecule has 0 aliphatic rings. The van der Waals surface area contributed by atoms with Gasteiger partial charge in [0.15, 0.2) is 5.65 Å². The number of rotatable bonds is 4. The zero-order chi connectivity index (χ0) is 14.7. The number of amides is 1. The van der Waals surface area contributed by atoms with Crippen molar-refractivity contribution in [3.8, 4) is 0 Å². The number of aromatic nitrogens is 5. The molecule has 0 saturated heterocycles. The molecule has 0 radical (unpaired) electrons. The summed E-state index contributed by atoms with van der Waals surface area (Å²) < 4.78 is 0. The molecule has 0 aliphatic carbocycles. The van der Waals surface area contributed by atoms with Gasteiger partial charge in [0.25, 0.3) is 0 Å². The molecule has 0 atom stereocenters. The lowest BCUT2D eigenvalue weighted by Gasteiger charge is -2.03. The SMILES string of the molecule is O=C(CSc1nc(=O)[nH]c2nc[nH]c12)Nc1ccccn1. The molecule has 0 fully saturated rings. The zero-order valence-electron chi connectivity index (χ0n) is 10.7. The fourth-order valence-electron chi connectivity index (χ4n) is 1.68. The van der Waals surface area contributed by atoms with Crippen LogP contribution in [0.5, 0.6) is 0 Å². The zero-order valence-corrected chi connectivity index (χ0v) is 11.5. The molecule has 3 aromatic heterocycles. The minimum absolute atomic E-state index is 0.112. The highest BCUT2D eigenvalue weighted by Gasteiger charge is 2.10. The van der Waals surface area contributed by atoms with Gasteiger partial charge in [-0.15, -0.1) is 0 Å². The van der Waals surface area contributed by atoms with Gasteiger partial charge in [0, 0.05) is 6.20 Å². The van der Waals surface area contributed by atoms with Gasteiger partial charge in [-0.3, -0.25) is 9.78 Å². The number of carbonyl (C=O) groups is 1. The molecule has 1 amide bonds. The highest BCUT2D eigenvalue weighted by molar-refractivity contribution is 8.00. The molecule has 21 heavy (non-hydrogen) atoms. The Hall–Kier alpha value is -2.68. The summed E-state index contributed by atoms with van der Waals surface area (Å²) in [7, 11) is 0. The van der Waals surface area contributed by atoms with Crippen molar-refractivity contribution in [2.45, 2.75) is 5.03 Å². The molecule has 8 nitrogen and oxygen atoms in total. The van der Waals surface area contributed by atoms with Crippen molar-refractivity contribution in [1.29, 1.82) is 0 Å². The summed E-state index contributed by atoms with van der Waals surface area (Å²) in [6.07, 6.45) is 3.05. The van der Waals surface area contributed by atoms with E-state index in [1.54, 1.807) is 24.4 Å². The van der Waals surface area contributed by atoms with E-state index < -0.39 is 5.69 Å². The van der Waals surface area contributed by atoms with E-state index in [1.807, 2.05) is 0 Å². The standard InChI is InChI=1S/C12H10N6O2S/c19-8(16-7-3-1-2-4-13-7)5-21-11-9-10(15-6-14-9)17-12(20)18-11/h1-4,6H,5H2,(H,13,16,19)(H2,14,15,17,18,20). The van der Waals surface area contributed by atoms with Crippen LogP contribution in [-0.4, -0.2) is 36.6 Å². The lowest BCUT2D eigenvalue weighted by Crippen LogP contribution is -2.16. The second kappa shape index (κ2) is 5.75. The number of aromatic amines is 2. The van der Waals surface area contributed by atoms with Crippen molar-refractivity contribution in [2.24, 2.45) is 0 Å². The van der Waals surface area contributed by atoms with Crippen molar-refractivity contribution < 1.29 is 4.79 Å². The van der Waals surface area contributed by atoms with Crippen LogP contribution in [0.2, 0.25) is 0 Å². The number of carbonyl (C=O) groups excluding carboxylic acids is 1. The third kappa shape index (κ3) is 3.08. The maximum atomic E-state index is 11.8. The van der Waals surface area contributed by atoms with Crippen molar-refractivity contribution >= 4 is 34.7 Å². The lowest BCUT2D eigenvalue weighted by atomic mass is 10.4. The van der Waals surface area contributed by atoms with Crippen molar-refractivity contribution in [1.82, 2.24) is 24.9 Å². The molecule has 0 aromatic carbocycles. The van der Waals surface area contributed by atoms with Crippen LogP contribution in [0.25, 0.3) is 11.2 Å². The summed E-state index contributed by atoms with van der Waals surface area (Å²) >= 11 is 1.15. The number of imidazole rings is 1. The van der Waals surface area contributed by atoms with E-state index in [1.165, 1.54) is 6.33 Å². The molecule has 0 bridgehead atoms. The Morgan fingerprint density at radius 3 is 3.05 bits per heavy atom. The van der Waals surface area contributed by atoms with Crippen LogP contribution in [0, 0.1) is 0 Å². The summed E-state index contributed by atoms with van der Waals surface area (Å²) in [6, 6.07) is 5.24. The Kier molecular flexibility index (Phi) is 3.65. The normalized spacial score (nSPS) is 10.7. The monoisotopic (exact) mass is 302 g/mol. The van der Waals surface area contributed by atoms with Crippen LogP contribution in [0.4, 0.5) is 5.82 Å².